The van der Waals surface area contributed by atoms with Gasteiger partial charge in [0.15, 0.2) is 5.11 Å². The first-order chi connectivity index (χ1) is 15.0. The van der Waals surface area contributed by atoms with Gasteiger partial charge in [0.25, 0.3) is 5.56 Å². The second kappa shape index (κ2) is 9.45. The molecule has 2 aromatic carbocycles. The van der Waals surface area contributed by atoms with Gasteiger partial charge in [-0.05, 0) is 66.2 Å². The van der Waals surface area contributed by atoms with Gasteiger partial charge in [-0.2, -0.15) is 0 Å². The van der Waals surface area contributed by atoms with Crippen molar-refractivity contribution in [1.82, 2.24) is 15.2 Å². The maximum Gasteiger partial charge on any atom is 0.253 e. The standard InChI is InChI=1S/C25H25N3OS2/c1-17-10-11-20-14-21(24(29)27-23(20)13-17)15-28(16-22-9-6-12-31-22)25(30)26-18(2)19-7-4-3-5-8-19/h3-14,18H,15-16H2,1-2H3,(H,26,30)(H,27,29). The Balaban J connectivity index is 1.60. The van der Waals surface area contributed by atoms with Crippen molar-refractivity contribution in [3.8, 4) is 0 Å². The van der Waals surface area contributed by atoms with Crippen LogP contribution in [0.3, 0.4) is 0 Å². The van der Waals surface area contributed by atoms with Crippen molar-refractivity contribution in [2.24, 2.45) is 0 Å². The molecule has 0 spiro atoms. The molecule has 1 unspecified atom stereocenters. The first-order valence-corrected chi connectivity index (χ1v) is 11.5. The molecular formula is C25H25N3OS2. The fraction of sp³-hybridized carbons (Fsp3) is 0.200. The summed E-state index contributed by atoms with van der Waals surface area (Å²) in [6, 6.07) is 22.5. The molecule has 2 heterocycles. The van der Waals surface area contributed by atoms with E-state index in [0.717, 1.165) is 16.5 Å². The summed E-state index contributed by atoms with van der Waals surface area (Å²) in [6.45, 7) is 5.20. The van der Waals surface area contributed by atoms with Gasteiger partial charge in [-0.1, -0.05) is 48.5 Å². The lowest BCUT2D eigenvalue weighted by Crippen LogP contribution is -2.40. The van der Waals surface area contributed by atoms with Crippen molar-refractivity contribution in [2.75, 3.05) is 0 Å². The Hall–Kier alpha value is -2.96. The Morgan fingerprint density at radius 3 is 2.65 bits per heavy atom. The van der Waals surface area contributed by atoms with E-state index in [9.17, 15) is 4.79 Å². The fourth-order valence-corrected chi connectivity index (χ4v) is 4.60. The number of rotatable bonds is 6. The van der Waals surface area contributed by atoms with Crippen LogP contribution in [-0.2, 0) is 13.1 Å². The Bertz CT molecular complexity index is 1230. The van der Waals surface area contributed by atoms with Crippen molar-refractivity contribution in [3.05, 3.63) is 104 Å². The summed E-state index contributed by atoms with van der Waals surface area (Å²) >= 11 is 7.48. The molecule has 31 heavy (non-hydrogen) atoms. The van der Waals surface area contributed by atoms with Gasteiger partial charge in [0, 0.05) is 16.0 Å². The van der Waals surface area contributed by atoms with E-state index in [1.165, 1.54) is 10.4 Å². The fourth-order valence-electron chi connectivity index (χ4n) is 3.57. The van der Waals surface area contributed by atoms with Crippen LogP contribution in [-0.4, -0.2) is 15.0 Å². The van der Waals surface area contributed by atoms with E-state index < -0.39 is 0 Å². The summed E-state index contributed by atoms with van der Waals surface area (Å²) in [5.41, 5.74) is 3.77. The number of nitrogens with one attached hydrogen (secondary N) is 2. The molecule has 4 nitrogen and oxygen atoms in total. The first kappa shape index (κ1) is 21.3. The van der Waals surface area contributed by atoms with Gasteiger partial charge >= 0.3 is 0 Å². The highest BCUT2D eigenvalue weighted by molar-refractivity contribution is 7.80. The van der Waals surface area contributed by atoms with E-state index in [1.807, 2.05) is 49.4 Å². The maximum atomic E-state index is 12.8. The molecule has 0 bridgehead atoms. The average Bonchev–Trinajstić information content (AvgIpc) is 3.27. The molecule has 0 radical (unpaired) electrons. The van der Waals surface area contributed by atoms with Gasteiger partial charge in [-0.25, -0.2) is 0 Å². The Kier molecular flexibility index (Phi) is 6.49. The number of benzene rings is 2. The second-order valence-electron chi connectivity index (χ2n) is 7.73. The van der Waals surface area contributed by atoms with Crippen molar-refractivity contribution in [1.29, 1.82) is 0 Å². The van der Waals surface area contributed by atoms with Crippen LogP contribution in [0.1, 0.15) is 34.5 Å². The summed E-state index contributed by atoms with van der Waals surface area (Å²) < 4.78 is 0. The number of aromatic nitrogens is 1. The minimum absolute atomic E-state index is 0.0670. The minimum Gasteiger partial charge on any atom is -0.356 e. The molecule has 4 aromatic rings. The smallest absolute Gasteiger partial charge is 0.253 e. The highest BCUT2D eigenvalue weighted by Gasteiger charge is 2.17. The zero-order chi connectivity index (χ0) is 21.8. The van der Waals surface area contributed by atoms with Crippen LogP contribution in [0.25, 0.3) is 10.9 Å². The molecule has 0 aliphatic rings. The Morgan fingerprint density at radius 2 is 1.90 bits per heavy atom. The summed E-state index contributed by atoms with van der Waals surface area (Å²) in [6.07, 6.45) is 0. The Labute approximate surface area is 191 Å². The molecule has 0 saturated carbocycles. The number of fused-ring (bicyclic) bond motifs is 1. The van der Waals surface area contributed by atoms with Gasteiger partial charge in [-0.3, -0.25) is 4.79 Å². The average molecular weight is 448 g/mol. The highest BCUT2D eigenvalue weighted by Crippen LogP contribution is 2.18. The quantitative estimate of drug-likeness (QED) is 0.381. The third-order valence-electron chi connectivity index (χ3n) is 5.29. The molecule has 4 rings (SSSR count). The topological polar surface area (TPSA) is 48.1 Å². The SMILES string of the molecule is Cc1ccc2cc(CN(Cc3cccs3)C(=S)NC(C)c3ccccc3)c(=O)[nH]c2c1. The number of aromatic amines is 1. The number of H-pyrrole nitrogens is 1. The van der Waals surface area contributed by atoms with Gasteiger partial charge in [0.1, 0.15) is 0 Å². The number of thiophene rings is 1. The number of hydrogen-bond donors (Lipinski definition) is 2. The monoisotopic (exact) mass is 447 g/mol. The lowest BCUT2D eigenvalue weighted by atomic mass is 10.1. The van der Waals surface area contributed by atoms with E-state index in [2.05, 4.69) is 51.8 Å². The molecule has 2 aromatic heterocycles. The third-order valence-corrected chi connectivity index (χ3v) is 6.53. The van der Waals surface area contributed by atoms with Gasteiger partial charge in [0.05, 0.1) is 19.1 Å². The zero-order valence-electron chi connectivity index (χ0n) is 17.6. The highest BCUT2D eigenvalue weighted by atomic mass is 32.1. The molecule has 1 atom stereocenters. The van der Waals surface area contributed by atoms with Gasteiger partial charge in [0.2, 0.25) is 0 Å². The van der Waals surface area contributed by atoms with Crippen molar-refractivity contribution < 1.29 is 0 Å². The molecule has 158 valence electrons. The van der Waals surface area contributed by atoms with Crippen LogP contribution < -0.4 is 10.9 Å². The van der Waals surface area contributed by atoms with E-state index in [4.69, 9.17) is 12.2 Å². The van der Waals surface area contributed by atoms with E-state index in [0.29, 0.717) is 23.8 Å². The predicted octanol–water partition coefficient (Wildman–Crippen LogP) is 5.54. The summed E-state index contributed by atoms with van der Waals surface area (Å²) in [7, 11) is 0. The number of hydrogen-bond acceptors (Lipinski definition) is 3. The second-order valence-corrected chi connectivity index (χ2v) is 9.15. The number of thiocarbonyl (C=S) groups is 1. The van der Waals surface area contributed by atoms with Crippen molar-refractivity contribution in [3.63, 3.8) is 0 Å². The van der Waals surface area contributed by atoms with Crippen LogP contribution in [0, 0.1) is 6.92 Å². The molecule has 0 saturated heterocycles. The summed E-state index contributed by atoms with van der Waals surface area (Å²) in [5.74, 6) is 0. The molecule has 0 fully saturated rings. The summed E-state index contributed by atoms with van der Waals surface area (Å²) in [5, 5.41) is 7.15. The number of aryl methyl sites for hydroxylation is 1. The molecule has 0 aliphatic carbocycles. The Morgan fingerprint density at radius 1 is 1.10 bits per heavy atom. The lowest BCUT2D eigenvalue weighted by Gasteiger charge is -2.28. The number of pyridine rings is 1. The van der Waals surface area contributed by atoms with Crippen molar-refractivity contribution in [2.45, 2.75) is 33.0 Å². The normalized spacial score (nSPS) is 11.9. The van der Waals surface area contributed by atoms with Gasteiger partial charge in [-0.15, -0.1) is 11.3 Å². The lowest BCUT2D eigenvalue weighted by molar-refractivity contribution is 0.395. The third kappa shape index (κ3) is 5.21. The molecular weight excluding hydrogens is 422 g/mol. The van der Waals surface area contributed by atoms with Crippen LogP contribution >= 0.6 is 23.6 Å². The maximum absolute atomic E-state index is 12.8. The molecule has 0 aliphatic heterocycles. The van der Waals surface area contributed by atoms with Crippen LogP contribution in [0.2, 0.25) is 0 Å². The van der Waals surface area contributed by atoms with Gasteiger partial charge < -0.3 is 15.2 Å². The minimum atomic E-state index is -0.0758. The number of nitrogens with zero attached hydrogens (tertiary/aromatic N) is 1. The zero-order valence-corrected chi connectivity index (χ0v) is 19.2. The largest absolute Gasteiger partial charge is 0.356 e. The first-order valence-electron chi connectivity index (χ1n) is 10.2. The van der Waals surface area contributed by atoms with Crippen LogP contribution in [0.5, 0.6) is 0 Å². The summed E-state index contributed by atoms with van der Waals surface area (Å²) in [4.78, 5) is 19.1. The molecule has 0 amide bonds. The molecule has 2 N–H and O–H groups in total. The van der Waals surface area contributed by atoms with Crippen LogP contribution in [0.4, 0.5) is 0 Å². The van der Waals surface area contributed by atoms with Crippen molar-refractivity contribution >= 4 is 39.6 Å². The van der Waals surface area contributed by atoms with E-state index >= 15 is 0 Å². The van der Waals surface area contributed by atoms with E-state index in [1.54, 1.807) is 11.3 Å². The van der Waals surface area contributed by atoms with E-state index in [-0.39, 0.29) is 11.6 Å². The predicted molar refractivity (Wildman–Crippen MR) is 133 cm³/mol. The van der Waals surface area contributed by atoms with Crippen LogP contribution in [0.15, 0.2) is 76.9 Å². The molecule has 6 heteroatoms.